The van der Waals surface area contributed by atoms with Gasteiger partial charge in [0.25, 0.3) is 0 Å². The number of aromatic nitrogens is 1. The Hall–Kier alpha value is -1.46. The molecule has 1 aromatic carbocycles. The lowest BCUT2D eigenvalue weighted by atomic mass is 10.0. The summed E-state index contributed by atoms with van der Waals surface area (Å²) in [7, 11) is 1.40. The fourth-order valence-corrected chi connectivity index (χ4v) is 2.21. The number of hydrogen-bond donors (Lipinski definition) is 1. The molecule has 3 nitrogen and oxygen atoms in total. The number of ether oxygens (including phenoxy) is 1. The van der Waals surface area contributed by atoms with E-state index in [4.69, 9.17) is 4.74 Å². The van der Waals surface area contributed by atoms with Gasteiger partial charge in [0.1, 0.15) is 0 Å². The number of nitrogens with zero attached hydrogens (tertiary/aromatic N) is 1. The van der Waals surface area contributed by atoms with Crippen molar-refractivity contribution in [3.63, 3.8) is 0 Å². The number of aliphatic hydroxyl groups excluding tert-OH is 1. The molecule has 0 radical (unpaired) electrons. The molecule has 0 aliphatic rings. The van der Waals surface area contributed by atoms with Crippen LogP contribution >= 0.6 is 15.9 Å². The van der Waals surface area contributed by atoms with E-state index in [1.54, 1.807) is 18.5 Å². The Morgan fingerprint density at radius 1 is 1.37 bits per heavy atom. The van der Waals surface area contributed by atoms with E-state index in [2.05, 4.69) is 20.9 Å². The molecule has 19 heavy (non-hydrogen) atoms. The molecule has 1 atom stereocenters. The van der Waals surface area contributed by atoms with E-state index in [1.807, 2.05) is 6.07 Å². The molecule has 0 amide bonds. The predicted molar refractivity (Wildman–Crippen MR) is 73.6 cm³/mol. The average molecular weight is 326 g/mol. The van der Waals surface area contributed by atoms with Gasteiger partial charge in [-0.1, -0.05) is 6.07 Å². The Balaban J connectivity index is 2.15. The molecule has 1 aromatic heterocycles. The number of methoxy groups -OCH3 is 1. The normalized spacial score (nSPS) is 12.2. The molecule has 2 aromatic rings. The number of aliphatic hydroxyl groups is 1. The maximum Gasteiger partial charge on any atom is 0.165 e. The lowest BCUT2D eigenvalue weighted by molar-refractivity contribution is 0.177. The zero-order chi connectivity index (χ0) is 13.8. The minimum atomic E-state index is -0.781. The van der Waals surface area contributed by atoms with Crippen LogP contribution in [0.5, 0.6) is 5.75 Å². The summed E-state index contributed by atoms with van der Waals surface area (Å²) in [6.45, 7) is 0. The Bertz CT molecular complexity index is 577. The first-order valence-electron chi connectivity index (χ1n) is 5.71. The van der Waals surface area contributed by atoms with Crippen LogP contribution in [0.3, 0.4) is 0 Å². The summed E-state index contributed by atoms with van der Waals surface area (Å²) >= 11 is 3.32. The van der Waals surface area contributed by atoms with Gasteiger partial charge in [-0.05, 0) is 45.3 Å². The minimum Gasteiger partial charge on any atom is -0.494 e. The first-order chi connectivity index (χ1) is 9.10. The van der Waals surface area contributed by atoms with Crippen LogP contribution in [0, 0.1) is 5.82 Å². The van der Waals surface area contributed by atoms with E-state index in [9.17, 15) is 9.50 Å². The van der Waals surface area contributed by atoms with Gasteiger partial charge >= 0.3 is 0 Å². The number of benzene rings is 1. The van der Waals surface area contributed by atoms with E-state index in [0.29, 0.717) is 12.0 Å². The van der Waals surface area contributed by atoms with Crippen LogP contribution in [-0.2, 0) is 6.42 Å². The summed E-state index contributed by atoms with van der Waals surface area (Å²) in [6.07, 6.45) is 2.94. The van der Waals surface area contributed by atoms with E-state index in [-0.39, 0.29) is 5.75 Å². The highest BCUT2D eigenvalue weighted by Crippen LogP contribution is 2.24. The van der Waals surface area contributed by atoms with Crippen molar-refractivity contribution in [2.45, 2.75) is 12.5 Å². The largest absolute Gasteiger partial charge is 0.494 e. The lowest BCUT2D eigenvalue weighted by Crippen LogP contribution is -2.03. The standard InChI is InChI=1S/C14H13BrFNO2/c1-19-14-3-2-10(6-12(14)16)13(18)5-9-4-11(15)8-17-7-9/h2-4,6-8,13,18H,5H2,1H3. The van der Waals surface area contributed by atoms with Crippen LogP contribution in [0.15, 0.2) is 41.1 Å². The summed E-state index contributed by atoms with van der Waals surface area (Å²) in [6, 6.07) is 6.32. The van der Waals surface area contributed by atoms with Crippen molar-refractivity contribution in [2.75, 3.05) is 7.11 Å². The van der Waals surface area contributed by atoms with Crippen LogP contribution in [0.25, 0.3) is 0 Å². The highest BCUT2D eigenvalue weighted by Gasteiger charge is 2.12. The van der Waals surface area contributed by atoms with E-state index in [0.717, 1.165) is 10.0 Å². The van der Waals surface area contributed by atoms with Crippen LogP contribution < -0.4 is 4.74 Å². The SMILES string of the molecule is COc1ccc(C(O)Cc2cncc(Br)c2)cc1F. The van der Waals surface area contributed by atoms with Crippen LogP contribution in [0.4, 0.5) is 4.39 Å². The molecule has 0 aliphatic heterocycles. The Morgan fingerprint density at radius 2 is 2.16 bits per heavy atom. The highest BCUT2D eigenvalue weighted by atomic mass is 79.9. The highest BCUT2D eigenvalue weighted by molar-refractivity contribution is 9.10. The molecule has 1 heterocycles. The van der Waals surface area contributed by atoms with Gasteiger partial charge in [0.2, 0.25) is 0 Å². The summed E-state index contributed by atoms with van der Waals surface area (Å²) in [4.78, 5) is 4.02. The molecule has 2 rings (SSSR count). The molecule has 0 aliphatic carbocycles. The van der Waals surface area contributed by atoms with Crippen molar-refractivity contribution in [3.8, 4) is 5.75 Å². The van der Waals surface area contributed by atoms with E-state index < -0.39 is 11.9 Å². The van der Waals surface area contributed by atoms with Crippen molar-refractivity contribution in [2.24, 2.45) is 0 Å². The summed E-state index contributed by atoms with van der Waals surface area (Å²) in [5.41, 5.74) is 1.39. The monoisotopic (exact) mass is 325 g/mol. The van der Waals surface area contributed by atoms with Gasteiger partial charge in [-0.2, -0.15) is 0 Å². The van der Waals surface area contributed by atoms with Gasteiger partial charge in [0.05, 0.1) is 13.2 Å². The maximum absolute atomic E-state index is 13.6. The fourth-order valence-electron chi connectivity index (χ4n) is 1.80. The third-order valence-corrected chi connectivity index (χ3v) is 3.18. The second-order valence-electron chi connectivity index (χ2n) is 4.13. The second-order valence-corrected chi connectivity index (χ2v) is 5.04. The van der Waals surface area contributed by atoms with E-state index in [1.165, 1.54) is 19.2 Å². The smallest absolute Gasteiger partial charge is 0.165 e. The molecule has 0 bridgehead atoms. The number of halogens is 2. The molecule has 5 heteroatoms. The number of hydrogen-bond acceptors (Lipinski definition) is 3. The van der Waals surface area contributed by atoms with Gasteiger partial charge < -0.3 is 9.84 Å². The van der Waals surface area contributed by atoms with Gasteiger partial charge in [-0.3, -0.25) is 4.98 Å². The number of rotatable bonds is 4. The Labute approximate surface area is 119 Å². The molecular formula is C14H13BrFNO2. The van der Waals surface area contributed by atoms with Crippen molar-refractivity contribution in [3.05, 3.63) is 58.1 Å². The Kier molecular flexibility index (Phi) is 4.50. The van der Waals surface area contributed by atoms with Crippen molar-refractivity contribution >= 4 is 15.9 Å². The maximum atomic E-state index is 13.6. The topological polar surface area (TPSA) is 42.4 Å². The molecule has 0 saturated carbocycles. The molecule has 1 unspecified atom stereocenters. The van der Waals surface area contributed by atoms with Crippen molar-refractivity contribution in [1.82, 2.24) is 4.98 Å². The van der Waals surface area contributed by atoms with Crippen LogP contribution in [0.2, 0.25) is 0 Å². The van der Waals surface area contributed by atoms with Crippen molar-refractivity contribution < 1.29 is 14.2 Å². The zero-order valence-electron chi connectivity index (χ0n) is 10.3. The molecule has 0 spiro atoms. The average Bonchev–Trinajstić information content (AvgIpc) is 2.38. The summed E-state index contributed by atoms with van der Waals surface area (Å²) in [5, 5.41) is 10.1. The summed E-state index contributed by atoms with van der Waals surface area (Å²) < 4.78 is 19.2. The summed E-state index contributed by atoms with van der Waals surface area (Å²) in [5.74, 6) is -0.313. The fraction of sp³-hybridized carbons (Fsp3) is 0.214. The predicted octanol–water partition coefficient (Wildman–Crippen LogP) is 3.27. The molecule has 100 valence electrons. The zero-order valence-corrected chi connectivity index (χ0v) is 11.9. The number of pyridine rings is 1. The quantitative estimate of drug-likeness (QED) is 0.938. The molecule has 0 fully saturated rings. The van der Waals surface area contributed by atoms with Crippen molar-refractivity contribution in [1.29, 1.82) is 0 Å². The third-order valence-electron chi connectivity index (χ3n) is 2.75. The molecule has 0 saturated heterocycles. The minimum absolute atomic E-state index is 0.167. The lowest BCUT2D eigenvalue weighted by Gasteiger charge is -2.12. The second kappa shape index (κ2) is 6.12. The first-order valence-corrected chi connectivity index (χ1v) is 6.50. The van der Waals surface area contributed by atoms with Gasteiger partial charge in [-0.25, -0.2) is 4.39 Å². The molecule has 1 N–H and O–H groups in total. The molecular weight excluding hydrogens is 313 g/mol. The van der Waals surface area contributed by atoms with Gasteiger partial charge in [-0.15, -0.1) is 0 Å². The van der Waals surface area contributed by atoms with E-state index >= 15 is 0 Å². The van der Waals surface area contributed by atoms with Crippen LogP contribution in [-0.4, -0.2) is 17.2 Å². The van der Waals surface area contributed by atoms with Gasteiger partial charge in [0, 0.05) is 23.3 Å². The Morgan fingerprint density at radius 3 is 2.79 bits per heavy atom. The van der Waals surface area contributed by atoms with Crippen LogP contribution in [0.1, 0.15) is 17.2 Å². The first kappa shape index (κ1) is 14.0. The third kappa shape index (κ3) is 3.52. The van der Waals surface area contributed by atoms with Gasteiger partial charge in [0.15, 0.2) is 11.6 Å².